The van der Waals surface area contributed by atoms with E-state index in [1.165, 1.54) is 23.1 Å². The number of halogens is 2. The number of fused-ring (bicyclic) bond motifs is 1. The van der Waals surface area contributed by atoms with E-state index in [4.69, 9.17) is 0 Å². The number of carbonyl (C=O) groups is 2. The van der Waals surface area contributed by atoms with Gasteiger partial charge in [0.1, 0.15) is 11.6 Å². The SMILES string of the molecule is O=C1NCC(c2ccccc2)(S(=O)(=O)c2ccc3c(c2)CCN3C(=O)c2ccc(F)cc2F)N1. The molecule has 0 radical (unpaired) electrons. The van der Waals surface area contributed by atoms with Crippen molar-refractivity contribution in [1.29, 1.82) is 0 Å². The molecule has 2 aliphatic rings. The third-order valence-electron chi connectivity index (χ3n) is 6.18. The van der Waals surface area contributed by atoms with E-state index < -0.39 is 38.3 Å². The molecule has 7 nitrogen and oxygen atoms in total. The maximum absolute atomic E-state index is 14.2. The van der Waals surface area contributed by atoms with Crippen molar-refractivity contribution < 1.29 is 26.8 Å². The van der Waals surface area contributed by atoms with Gasteiger partial charge in [-0.15, -0.1) is 0 Å². The molecule has 174 valence electrons. The zero-order valence-corrected chi connectivity index (χ0v) is 18.5. The molecule has 0 spiro atoms. The number of urea groups is 1. The lowest BCUT2D eigenvalue weighted by molar-refractivity contribution is 0.0985. The van der Waals surface area contributed by atoms with Crippen LogP contribution < -0.4 is 15.5 Å². The molecule has 1 atom stereocenters. The number of hydrogen-bond acceptors (Lipinski definition) is 4. The highest BCUT2D eigenvalue weighted by Crippen LogP contribution is 2.38. The summed E-state index contributed by atoms with van der Waals surface area (Å²) >= 11 is 0. The highest BCUT2D eigenvalue weighted by Gasteiger charge is 2.51. The molecule has 2 N–H and O–H groups in total. The minimum absolute atomic E-state index is 0.0126. The van der Waals surface area contributed by atoms with Gasteiger partial charge in [0.2, 0.25) is 9.84 Å². The average molecular weight is 483 g/mol. The van der Waals surface area contributed by atoms with Crippen LogP contribution in [0.25, 0.3) is 0 Å². The van der Waals surface area contributed by atoms with E-state index in [-0.39, 0.29) is 23.5 Å². The summed E-state index contributed by atoms with van der Waals surface area (Å²) in [7, 11) is -4.11. The summed E-state index contributed by atoms with van der Waals surface area (Å²) in [6.45, 7) is 0.0698. The van der Waals surface area contributed by atoms with E-state index in [2.05, 4.69) is 10.6 Å². The highest BCUT2D eigenvalue weighted by atomic mass is 32.2. The van der Waals surface area contributed by atoms with Gasteiger partial charge in [0.05, 0.1) is 17.0 Å². The first kappa shape index (κ1) is 22.0. The van der Waals surface area contributed by atoms with Gasteiger partial charge in [-0.05, 0) is 47.9 Å². The largest absolute Gasteiger partial charge is 0.334 e. The van der Waals surface area contributed by atoms with Crippen molar-refractivity contribution in [1.82, 2.24) is 10.6 Å². The highest BCUT2D eigenvalue weighted by molar-refractivity contribution is 7.92. The Labute approximate surface area is 194 Å². The van der Waals surface area contributed by atoms with E-state index in [9.17, 15) is 26.8 Å². The number of nitrogens with one attached hydrogen (secondary N) is 2. The lowest BCUT2D eigenvalue weighted by atomic mass is 10.1. The molecule has 1 fully saturated rings. The van der Waals surface area contributed by atoms with E-state index in [1.807, 2.05) is 0 Å². The molecule has 1 saturated heterocycles. The van der Waals surface area contributed by atoms with Crippen LogP contribution in [0.4, 0.5) is 19.3 Å². The Hall–Kier alpha value is -3.79. The Morgan fingerprint density at radius 1 is 1.00 bits per heavy atom. The number of amides is 3. The monoisotopic (exact) mass is 483 g/mol. The van der Waals surface area contributed by atoms with Crippen LogP contribution in [0.2, 0.25) is 0 Å². The van der Waals surface area contributed by atoms with E-state index in [0.717, 1.165) is 12.1 Å². The molecule has 5 rings (SSSR count). The quantitative estimate of drug-likeness (QED) is 0.596. The maximum atomic E-state index is 14.2. The van der Waals surface area contributed by atoms with Crippen LogP contribution in [-0.2, 0) is 21.1 Å². The van der Waals surface area contributed by atoms with Crippen molar-refractivity contribution in [2.24, 2.45) is 0 Å². The van der Waals surface area contributed by atoms with Gasteiger partial charge in [-0.1, -0.05) is 30.3 Å². The molecule has 0 saturated carbocycles. The molecule has 3 aromatic rings. The van der Waals surface area contributed by atoms with Gasteiger partial charge < -0.3 is 15.5 Å². The van der Waals surface area contributed by atoms with E-state index >= 15 is 0 Å². The second-order valence-electron chi connectivity index (χ2n) is 8.13. The minimum Gasteiger partial charge on any atom is -0.334 e. The first-order valence-electron chi connectivity index (χ1n) is 10.5. The fourth-order valence-electron chi connectivity index (χ4n) is 4.44. The molecule has 34 heavy (non-hydrogen) atoms. The average Bonchev–Trinajstić information content (AvgIpc) is 3.43. The summed E-state index contributed by atoms with van der Waals surface area (Å²) in [6, 6.07) is 14.9. The summed E-state index contributed by atoms with van der Waals surface area (Å²) in [4.78, 5) is 24.5. The van der Waals surface area contributed by atoms with Gasteiger partial charge in [-0.25, -0.2) is 22.0 Å². The molecule has 0 aliphatic carbocycles. The third kappa shape index (κ3) is 3.33. The summed E-state index contributed by atoms with van der Waals surface area (Å²) in [5.41, 5.74) is 1.19. The lowest BCUT2D eigenvalue weighted by Gasteiger charge is -2.28. The zero-order valence-electron chi connectivity index (χ0n) is 17.7. The van der Waals surface area contributed by atoms with Gasteiger partial charge >= 0.3 is 6.03 Å². The fourth-order valence-corrected chi connectivity index (χ4v) is 6.32. The van der Waals surface area contributed by atoms with Crippen molar-refractivity contribution in [2.75, 3.05) is 18.0 Å². The molecule has 1 unspecified atom stereocenters. The molecule has 0 aromatic heterocycles. The van der Waals surface area contributed by atoms with Gasteiger partial charge in [-0.2, -0.15) is 0 Å². The predicted molar refractivity (Wildman–Crippen MR) is 120 cm³/mol. The number of nitrogens with zero attached hydrogens (tertiary/aromatic N) is 1. The second-order valence-corrected chi connectivity index (χ2v) is 10.3. The Kier molecular flexibility index (Phi) is 5.12. The molecule has 3 amide bonds. The standard InChI is InChI=1S/C24H19F2N3O4S/c25-17-6-8-19(20(26)13-17)22(30)29-11-10-15-12-18(7-9-21(15)29)34(32,33)24(14-27-23(31)28-24)16-4-2-1-3-5-16/h1-9,12-13H,10-11,14H2,(H2,27,28,31). The summed E-state index contributed by atoms with van der Waals surface area (Å²) in [5, 5.41) is 5.12. The maximum Gasteiger partial charge on any atom is 0.316 e. The molecule has 0 bridgehead atoms. The Morgan fingerprint density at radius 3 is 2.44 bits per heavy atom. The topological polar surface area (TPSA) is 95.6 Å². The minimum atomic E-state index is -4.11. The van der Waals surface area contributed by atoms with Gasteiger partial charge in [0.15, 0.2) is 4.87 Å². The van der Waals surface area contributed by atoms with E-state index in [0.29, 0.717) is 29.3 Å². The smallest absolute Gasteiger partial charge is 0.316 e. The van der Waals surface area contributed by atoms with Crippen molar-refractivity contribution in [3.63, 3.8) is 0 Å². The number of carbonyl (C=O) groups excluding carboxylic acids is 2. The molecule has 3 aromatic carbocycles. The second kappa shape index (κ2) is 7.91. The molecule has 2 heterocycles. The third-order valence-corrected chi connectivity index (χ3v) is 8.45. The molecular formula is C24H19F2N3O4S. The predicted octanol–water partition coefficient (Wildman–Crippen LogP) is 3.11. The Balaban J connectivity index is 1.52. The summed E-state index contributed by atoms with van der Waals surface area (Å²) in [5.74, 6) is -2.39. The number of rotatable bonds is 4. The fraction of sp³-hybridized carbons (Fsp3) is 0.167. The van der Waals surface area contributed by atoms with Crippen LogP contribution in [0.5, 0.6) is 0 Å². The van der Waals surface area contributed by atoms with Crippen LogP contribution in [0.1, 0.15) is 21.5 Å². The molecule has 10 heteroatoms. The van der Waals surface area contributed by atoms with Crippen molar-refractivity contribution in [3.8, 4) is 0 Å². The normalized spacial score (nSPS) is 19.5. The molecular weight excluding hydrogens is 464 g/mol. The number of anilines is 1. The van der Waals surface area contributed by atoms with Crippen molar-refractivity contribution in [2.45, 2.75) is 16.2 Å². The summed E-state index contributed by atoms with van der Waals surface area (Å²) in [6.07, 6.45) is 0.357. The lowest BCUT2D eigenvalue weighted by Crippen LogP contribution is -2.47. The van der Waals surface area contributed by atoms with Crippen molar-refractivity contribution in [3.05, 3.63) is 95.1 Å². The van der Waals surface area contributed by atoms with Crippen molar-refractivity contribution >= 4 is 27.5 Å². The number of sulfone groups is 1. The number of hydrogen-bond donors (Lipinski definition) is 2. The van der Waals surface area contributed by atoms with Crippen LogP contribution in [0, 0.1) is 11.6 Å². The first-order chi connectivity index (χ1) is 16.2. The molecule has 2 aliphatic heterocycles. The Morgan fingerprint density at radius 2 is 1.76 bits per heavy atom. The van der Waals surface area contributed by atoms with Gasteiger partial charge in [-0.3, -0.25) is 4.79 Å². The summed E-state index contributed by atoms with van der Waals surface area (Å²) < 4.78 is 55.0. The van der Waals surface area contributed by atoms with Crippen LogP contribution >= 0.6 is 0 Å². The van der Waals surface area contributed by atoms with Crippen LogP contribution in [0.15, 0.2) is 71.6 Å². The van der Waals surface area contributed by atoms with E-state index in [1.54, 1.807) is 30.3 Å². The Bertz CT molecular complexity index is 1430. The van der Waals surface area contributed by atoms with Gasteiger partial charge in [0.25, 0.3) is 5.91 Å². The zero-order chi connectivity index (χ0) is 24.1. The van der Waals surface area contributed by atoms with Crippen LogP contribution in [-0.4, -0.2) is 33.4 Å². The van der Waals surface area contributed by atoms with Gasteiger partial charge in [0, 0.05) is 18.3 Å². The van der Waals surface area contributed by atoms with Crippen LogP contribution in [0.3, 0.4) is 0 Å². The first-order valence-corrected chi connectivity index (χ1v) is 12.0. The number of benzene rings is 3.